The summed E-state index contributed by atoms with van der Waals surface area (Å²) in [7, 11) is 1.57. The number of anilines is 1. The van der Waals surface area contributed by atoms with Crippen molar-refractivity contribution in [1.29, 1.82) is 0 Å². The average molecular weight is 246 g/mol. The number of nitrogens with two attached hydrogens (primary N) is 1. The maximum Gasteiger partial charge on any atom is 0.237 e. The van der Waals surface area contributed by atoms with E-state index < -0.39 is 0 Å². The van der Waals surface area contributed by atoms with Gasteiger partial charge in [-0.1, -0.05) is 29.5 Å². The van der Waals surface area contributed by atoms with Crippen LogP contribution in [0.1, 0.15) is 5.56 Å². The molecule has 0 atom stereocenters. The van der Waals surface area contributed by atoms with Crippen LogP contribution in [0.5, 0.6) is 5.88 Å². The van der Waals surface area contributed by atoms with Crippen molar-refractivity contribution >= 4 is 17.4 Å². The second kappa shape index (κ2) is 5.10. The predicted molar refractivity (Wildman–Crippen MR) is 70.5 cm³/mol. The Hall–Kier alpha value is -1.68. The van der Waals surface area contributed by atoms with E-state index >= 15 is 0 Å². The van der Waals surface area contributed by atoms with Crippen LogP contribution >= 0.6 is 11.8 Å². The Morgan fingerprint density at radius 2 is 2.06 bits per heavy atom. The summed E-state index contributed by atoms with van der Waals surface area (Å²) in [6, 6.07) is 12.0. The van der Waals surface area contributed by atoms with Crippen LogP contribution in [-0.4, -0.2) is 12.1 Å². The molecule has 88 valence electrons. The first kappa shape index (κ1) is 11.8. The molecule has 0 bridgehead atoms. The fraction of sp³-hybridized carbons (Fsp3) is 0.154. The highest BCUT2D eigenvalue weighted by Crippen LogP contribution is 2.29. The molecule has 0 aliphatic rings. The number of ether oxygens (including phenoxy) is 1. The molecule has 4 heteroatoms. The van der Waals surface area contributed by atoms with Crippen molar-refractivity contribution < 1.29 is 4.74 Å². The third-order valence-corrected chi connectivity index (χ3v) is 3.20. The number of rotatable bonds is 3. The third kappa shape index (κ3) is 2.91. The summed E-state index contributed by atoms with van der Waals surface area (Å²) in [6.07, 6.45) is 0. The van der Waals surface area contributed by atoms with Crippen molar-refractivity contribution in [3.63, 3.8) is 0 Å². The van der Waals surface area contributed by atoms with Gasteiger partial charge in [0.05, 0.1) is 12.8 Å². The van der Waals surface area contributed by atoms with Crippen molar-refractivity contribution in [3.05, 3.63) is 42.0 Å². The largest absolute Gasteiger partial charge is 0.480 e. The van der Waals surface area contributed by atoms with Gasteiger partial charge in [-0.2, -0.15) is 0 Å². The van der Waals surface area contributed by atoms with E-state index in [1.54, 1.807) is 18.9 Å². The van der Waals surface area contributed by atoms with E-state index in [2.05, 4.69) is 30.1 Å². The van der Waals surface area contributed by atoms with Crippen molar-refractivity contribution in [2.24, 2.45) is 0 Å². The molecule has 0 amide bonds. The molecule has 0 saturated carbocycles. The van der Waals surface area contributed by atoms with E-state index in [0.717, 1.165) is 9.92 Å². The summed E-state index contributed by atoms with van der Waals surface area (Å²) < 4.78 is 5.10. The van der Waals surface area contributed by atoms with Gasteiger partial charge < -0.3 is 10.5 Å². The number of pyridine rings is 1. The first-order valence-corrected chi connectivity index (χ1v) is 6.06. The Kier molecular flexibility index (Phi) is 3.54. The SMILES string of the molecule is COc1nc(Sc2cccc(C)c2)ccc1N. The highest BCUT2D eigenvalue weighted by atomic mass is 32.2. The van der Waals surface area contributed by atoms with Gasteiger partial charge in [-0.3, -0.25) is 0 Å². The summed E-state index contributed by atoms with van der Waals surface area (Å²) in [5, 5.41) is 0.877. The first-order valence-electron chi connectivity index (χ1n) is 5.24. The fourth-order valence-corrected chi connectivity index (χ4v) is 2.35. The van der Waals surface area contributed by atoms with Gasteiger partial charge in [-0.05, 0) is 31.2 Å². The zero-order valence-corrected chi connectivity index (χ0v) is 10.6. The van der Waals surface area contributed by atoms with Crippen LogP contribution in [-0.2, 0) is 0 Å². The number of nitrogens with zero attached hydrogens (tertiary/aromatic N) is 1. The number of methoxy groups -OCH3 is 1. The Balaban J connectivity index is 2.24. The zero-order valence-electron chi connectivity index (χ0n) is 9.81. The number of aromatic nitrogens is 1. The molecule has 0 spiro atoms. The van der Waals surface area contributed by atoms with Gasteiger partial charge >= 0.3 is 0 Å². The lowest BCUT2D eigenvalue weighted by Gasteiger charge is -2.06. The zero-order chi connectivity index (χ0) is 12.3. The van der Waals surface area contributed by atoms with Gasteiger partial charge in [0.25, 0.3) is 0 Å². The molecule has 2 aromatic rings. The molecule has 0 aliphatic heterocycles. The molecule has 3 nitrogen and oxygen atoms in total. The lowest BCUT2D eigenvalue weighted by molar-refractivity contribution is 0.397. The van der Waals surface area contributed by atoms with Gasteiger partial charge in [-0.15, -0.1) is 0 Å². The molecular weight excluding hydrogens is 232 g/mol. The van der Waals surface area contributed by atoms with Crippen LogP contribution in [0.2, 0.25) is 0 Å². The normalized spacial score (nSPS) is 10.2. The van der Waals surface area contributed by atoms with Gasteiger partial charge in [0.1, 0.15) is 5.03 Å². The number of hydrogen-bond donors (Lipinski definition) is 1. The van der Waals surface area contributed by atoms with Crippen molar-refractivity contribution in [2.75, 3.05) is 12.8 Å². The topological polar surface area (TPSA) is 48.1 Å². The summed E-state index contributed by atoms with van der Waals surface area (Å²) in [4.78, 5) is 5.49. The molecule has 1 aromatic carbocycles. The second-order valence-corrected chi connectivity index (χ2v) is 4.76. The molecule has 0 unspecified atom stereocenters. The molecule has 1 heterocycles. The lowest BCUT2D eigenvalue weighted by Crippen LogP contribution is -1.95. The Bertz CT molecular complexity index is 529. The Morgan fingerprint density at radius 1 is 1.24 bits per heavy atom. The molecule has 0 aliphatic carbocycles. The summed E-state index contributed by atoms with van der Waals surface area (Å²) in [6.45, 7) is 2.07. The van der Waals surface area contributed by atoms with E-state index in [1.807, 2.05) is 18.2 Å². The average Bonchev–Trinajstić information content (AvgIpc) is 2.32. The summed E-state index contributed by atoms with van der Waals surface area (Å²) in [5.41, 5.74) is 7.51. The Morgan fingerprint density at radius 3 is 2.76 bits per heavy atom. The molecule has 0 radical (unpaired) electrons. The molecule has 2 rings (SSSR count). The molecule has 2 N–H and O–H groups in total. The molecular formula is C13H14N2OS. The number of nitrogen functional groups attached to an aromatic ring is 1. The molecule has 0 saturated heterocycles. The van der Waals surface area contributed by atoms with Crippen LogP contribution in [0.15, 0.2) is 46.3 Å². The molecule has 1 aromatic heterocycles. The number of benzene rings is 1. The minimum absolute atomic E-state index is 0.475. The van der Waals surface area contributed by atoms with E-state index in [-0.39, 0.29) is 0 Å². The van der Waals surface area contributed by atoms with E-state index in [0.29, 0.717) is 11.6 Å². The summed E-state index contributed by atoms with van der Waals surface area (Å²) in [5.74, 6) is 0.475. The van der Waals surface area contributed by atoms with Gasteiger partial charge in [0, 0.05) is 4.90 Å². The first-order chi connectivity index (χ1) is 8.19. The highest BCUT2D eigenvalue weighted by molar-refractivity contribution is 7.99. The van der Waals surface area contributed by atoms with Gasteiger partial charge in [0.15, 0.2) is 0 Å². The third-order valence-electron chi connectivity index (χ3n) is 2.27. The number of hydrogen-bond acceptors (Lipinski definition) is 4. The Labute approximate surface area is 105 Å². The maximum absolute atomic E-state index is 5.72. The fourth-order valence-electron chi connectivity index (χ4n) is 1.45. The lowest BCUT2D eigenvalue weighted by atomic mass is 10.2. The minimum atomic E-state index is 0.475. The predicted octanol–water partition coefficient (Wildman–Crippen LogP) is 3.13. The van der Waals surface area contributed by atoms with E-state index in [4.69, 9.17) is 10.5 Å². The molecule has 0 fully saturated rings. The standard InChI is InChI=1S/C13H14N2OS/c1-9-4-3-5-10(8-9)17-12-7-6-11(14)13(15-12)16-2/h3-8H,14H2,1-2H3. The number of aryl methyl sites for hydroxylation is 1. The van der Waals surface area contributed by atoms with E-state index in [9.17, 15) is 0 Å². The van der Waals surface area contributed by atoms with Gasteiger partial charge in [-0.25, -0.2) is 4.98 Å². The second-order valence-electron chi connectivity index (χ2n) is 3.67. The van der Waals surface area contributed by atoms with Crippen LogP contribution < -0.4 is 10.5 Å². The van der Waals surface area contributed by atoms with Gasteiger partial charge in [0.2, 0.25) is 5.88 Å². The smallest absolute Gasteiger partial charge is 0.237 e. The highest BCUT2D eigenvalue weighted by Gasteiger charge is 2.04. The van der Waals surface area contributed by atoms with Crippen LogP contribution in [0, 0.1) is 6.92 Å². The van der Waals surface area contributed by atoms with E-state index in [1.165, 1.54) is 5.56 Å². The van der Waals surface area contributed by atoms with Crippen LogP contribution in [0.3, 0.4) is 0 Å². The van der Waals surface area contributed by atoms with Crippen molar-refractivity contribution in [3.8, 4) is 5.88 Å². The monoisotopic (exact) mass is 246 g/mol. The summed E-state index contributed by atoms with van der Waals surface area (Å²) >= 11 is 1.59. The molecule has 17 heavy (non-hydrogen) atoms. The van der Waals surface area contributed by atoms with Crippen LogP contribution in [0.4, 0.5) is 5.69 Å². The van der Waals surface area contributed by atoms with Crippen molar-refractivity contribution in [1.82, 2.24) is 4.98 Å². The quantitative estimate of drug-likeness (QED) is 0.904. The van der Waals surface area contributed by atoms with Crippen molar-refractivity contribution in [2.45, 2.75) is 16.8 Å². The van der Waals surface area contributed by atoms with Crippen LogP contribution in [0.25, 0.3) is 0 Å². The maximum atomic E-state index is 5.72. The minimum Gasteiger partial charge on any atom is -0.480 e.